The number of pyridine rings is 1. The van der Waals surface area contributed by atoms with Crippen LogP contribution in [-0.2, 0) is 19.5 Å². The predicted octanol–water partition coefficient (Wildman–Crippen LogP) is 3.18. The van der Waals surface area contributed by atoms with Crippen LogP contribution in [0, 0.1) is 6.92 Å². The normalized spacial score (nSPS) is 14.3. The van der Waals surface area contributed by atoms with Gasteiger partial charge in [0, 0.05) is 60.3 Å². The van der Waals surface area contributed by atoms with Crippen LogP contribution in [0.1, 0.15) is 22.4 Å². The van der Waals surface area contributed by atoms with Crippen molar-refractivity contribution in [1.29, 1.82) is 0 Å². The molecule has 140 valence electrons. The molecule has 6 nitrogen and oxygen atoms in total. The predicted molar refractivity (Wildman–Crippen MR) is 109 cm³/mol. The van der Waals surface area contributed by atoms with Gasteiger partial charge in [-0.3, -0.25) is 14.7 Å². The third kappa shape index (κ3) is 2.92. The minimum absolute atomic E-state index is 0.0359. The molecule has 3 aromatic heterocycles. The number of hydrogen-bond acceptors (Lipinski definition) is 4. The van der Waals surface area contributed by atoms with Gasteiger partial charge >= 0.3 is 0 Å². The highest BCUT2D eigenvalue weighted by Gasteiger charge is 2.22. The summed E-state index contributed by atoms with van der Waals surface area (Å²) in [5.74, 6) is 0.585. The van der Waals surface area contributed by atoms with E-state index in [1.54, 1.807) is 12.4 Å². The van der Waals surface area contributed by atoms with Crippen molar-refractivity contribution in [2.45, 2.75) is 26.4 Å². The van der Waals surface area contributed by atoms with E-state index in [4.69, 9.17) is 4.98 Å². The lowest BCUT2D eigenvalue weighted by Crippen LogP contribution is -2.35. The number of rotatable bonds is 3. The Bertz CT molecular complexity index is 1210. The third-order valence-electron chi connectivity index (χ3n) is 5.49. The average molecular weight is 371 g/mol. The molecular formula is C22H21N5O. The summed E-state index contributed by atoms with van der Waals surface area (Å²) < 4.78 is 0. The number of nitrogens with one attached hydrogen (secondary N) is 2. The number of H-pyrrole nitrogens is 2. The van der Waals surface area contributed by atoms with E-state index in [2.05, 4.69) is 51.2 Å². The fraction of sp³-hybridized carbons (Fsp3) is 0.227. The summed E-state index contributed by atoms with van der Waals surface area (Å²) in [7, 11) is 0. The molecule has 1 aromatic carbocycles. The second-order valence-electron chi connectivity index (χ2n) is 7.35. The van der Waals surface area contributed by atoms with Crippen LogP contribution in [0.5, 0.6) is 0 Å². The highest BCUT2D eigenvalue weighted by molar-refractivity contribution is 5.85. The average Bonchev–Trinajstić information content (AvgIpc) is 3.12. The molecule has 6 heteroatoms. The molecule has 1 aliphatic heterocycles. The maximum Gasteiger partial charge on any atom is 0.254 e. The van der Waals surface area contributed by atoms with Gasteiger partial charge in [-0.05, 0) is 36.6 Å². The number of aryl methyl sites for hydroxylation is 1. The van der Waals surface area contributed by atoms with Crippen molar-refractivity contribution in [2.75, 3.05) is 6.54 Å². The fourth-order valence-electron chi connectivity index (χ4n) is 4.00. The molecule has 0 bridgehead atoms. The lowest BCUT2D eigenvalue weighted by molar-refractivity contribution is 0.241. The van der Waals surface area contributed by atoms with Crippen molar-refractivity contribution in [3.05, 3.63) is 81.7 Å². The summed E-state index contributed by atoms with van der Waals surface area (Å²) in [6.45, 7) is 4.48. The van der Waals surface area contributed by atoms with E-state index >= 15 is 0 Å². The Kier molecular flexibility index (Phi) is 4.06. The number of fused-ring (bicyclic) bond motifs is 2. The van der Waals surface area contributed by atoms with Crippen molar-refractivity contribution < 1.29 is 0 Å². The Morgan fingerprint density at radius 3 is 3.00 bits per heavy atom. The number of para-hydroxylation sites is 1. The Morgan fingerprint density at radius 2 is 2.14 bits per heavy atom. The number of aromatic nitrogens is 4. The third-order valence-corrected chi connectivity index (χ3v) is 5.49. The molecule has 5 rings (SSSR count). The molecule has 4 aromatic rings. The van der Waals surface area contributed by atoms with Crippen LogP contribution in [0.15, 0.2) is 53.7 Å². The van der Waals surface area contributed by atoms with Crippen LogP contribution in [0.3, 0.4) is 0 Å². The van der Waals surface area contributed by atoms with E-state index in [1.807, 2.05) is 12.1 Å². The molecule has 2 N–H and O–H groups in total. The van der Waals surface area contributed by atoms with Crippen molar-refractivity contribution in [1.82, 2.24) is 24.8 Å². The molecule has 0 fully saturated rings. The van der Waals surface area contributed by atoms with Crippen LogP contribution in [0.4, 0.5) is 0 Å². The topological polar surface area (TPSA) is 77.7 Å². The van der Waals surface area contributed by atoms with Gasteiger partial charge < -0.3 is 9.97 Å². The maximum absolute atomic E-state index is 12.6. The minimum Gasteiger partial charge on any atom is -0.361 e. The molecule has 28 heavy (non-hydrogen) atoms. The number of benzene rings is 1. The summed E-state index contributed by atoms with van der Waals surface area (Å²) in [5.41, 5.74) is 6.19. The summed E-state index contributed by atoms with van der Waals surface area (Å²) in [6, 6.07) is 10.1. The first-order chi connectivity index (χ1) is 13.7. The molecule has 1 aliphatic rings. The number of aromatic amines is 2. The quantitative estimate of drug-likeness (QED) is 0.580. The zero-order valence-corrected chi connectivity index (χ0v) is 15.7. The van der Waals surface area contributed by atoms with Crippen molar-refractivity contribution in [3.63, 3.8) is 0 Å². The Morgan fingerprint density at radius 1 is 1.21 bits per heavy atom. The molecule has 0 spiro atoms. The van der Waals surface area contributed by atoms with Crippen molar-refractivity contribution in [3.8, 4) is 11.4 Å². The molecule has 0 unspecified atom stereocenters. The van der Waals surface area contributed by atoms with Gasteiger partial charge in [-0.2, -0.15) is 0 Å². The van der Waals surface area contributed by atoms with Crippen LogP contribution < -0.4 is 5.56 Å². The van der Waals surface area contributed by atoms with Gasteiger partial charge in [-0.25, -0.2) is 4.98 Å². The second kappa shape index (κ2) is 6.73. The SMILES string of the molecule is Cc1cccc2c(CN3CCc4c(nc(-c5cccnc5)[nH]c4=O)C3)c[nH]c12. The fourth-order valence-corrected chi connectivity index (χ4v) is 4.00. The molecule has 0 aliphatic carbocycles. The Labute approximate surface area is 162 Å². The number of nitrogens with zero attached hydrogens (tertiary/aromatic N) is 3. The lowest BCUT2D eigenvalue weighted by Gasteiger charge is -2.27. The Balaban J connectivity index is 1.45. The summed E-state index contributed by atoms with van der Waals surface area (Å²) in [5, 5.41) is 1.26. The van der Waals surface area contributed by atoms with Gasteiger partial charge in [-0.1, -0.05) is 18.2 Å². The van der Waals surface area contributed by atoms with Gasteiger partial charge in [0.2, 0.25) is 0 Å². The van der Waals surface area contributed by atoms with E-state index in [-0.39, 0.29) is 5.56 Å². The molecular weight excluding hydrogens is 350 g/mol. The molecule has 0 amide bonds. The second-order valence-corrected chi connectivity index (χ2v) is 7.35. The van der Waals surface area contributed by atoms with Crippen molar-refractivity contribution in [2.24, 2.45) is 0 Å². The lowest BCUT2D eigenvalue weighted by atomic mass is 10.0. The van der Waals surface area contributed by atoms with Crippen LogP contribution in [0.2, 0.25) is 0 Å². The summed E-state index contributed by atoms with van der Waals surface area (Å²) in [4.78, 5) is 30.1. The van der Waals surface area contributed by atoms with Crippen LogP contribution in [-0.4, -0.2) is 31.4 Å². The monoisotopic (exact) mass is 371 g/mol. The van der Waals surface area contributed by atoms with Crippen LogP contribution in [0.25, 0.3) is 22.3 Å². The molecule has 0 atom stereocenters. The van der Waals surface area contributed by atoms with E-state index in [9.17, 15) is 4.79 Å². The van der Waals surface area contributed by atoms with Crippen LogP contribution >= 0.6 is 0 Å². The molecule has 4 heterocycles. The standard InChI is InChI=1S/C22H21N5O/c1-14-4-2-6-17-16(11-24-20(14)17)12-27-9-7-18-19(13-27)25-21(26-22(18)28)15-5-3-8-23-10-15/h2-6,8,10-11,24H,7,9,12-13H2,1H3,(H,25,26,28). The summed E-state index contributed by atoms with van der Waals surface area (Å²) >= 11 is 0. The van der Waals surface area contributed by atoms with E-state index < -0.39 is 0 Å². The first-order valence-corrected chi connectivity index (χ1v) is 9.49. The van der Waals surface area contributed by atoms with E-state index in [0.29, 0.717) is 18.8 Å². The van der Waals surface area contributed by atoms with Gasteiger partial charge in [0.25, 0.3) is 5.56 Å². The zero-order chi connectivity index (χ0) is 19.1. The maximum atomic E-state index is 12.6. The smallest absolute Gasteiger partial charge is 0.254 e. The largest absolute Gasteiger partial charge is 0.361 e. The first-order valence-electron chi connectivity index (χ1n) is 9.49. The number of hydrogen-bond donors (Lipinski definition) is 2. The van der Waals surface area contributed by atoms with Crippen molar-refractivity contribution >= 4 is 10.9 Å². The molecule has 0 saturated carbocycles. The van der Waals surface area contributed by atoms with E-state index in [0.717, 1.165) is 29.9 Å². The minimum atomic E-state index is -0.0359. The highest BCUT2D eigenvalue weighted by atomic mass is 16.1. The first kappa shape index (κ1) is 16.9. The van der Waals surface area contributed by atoms with Gasteiger partial charge in [0.15, 0.2) is 0 Å². The highest BCUT2D eigenvalue weighted by Crippen LogP contribution is 2.25. The van der Waals surface area contributed by atoms with Gasteiger partial charge in [0.1, 0.15) is 5.82 Å². The zero-order valence-electron chi connectivity index (χ0n) is 15.7. The molecule has 0 saturated heterocycles. The van der Waals surface area contributed by atoms with E-state index in [1.165, 1.54) is 22.0 Å². The summed E-state index contributed by atoms with van der Waals surface area (Å²) in [6.07, 6.45) is 6.25. The molecule has 0 radical (unpaired) electrons. The Hall–Kier alpha value is -3.25. The van der Waals surface area contributed by atoms with Gasteiger partial charge in [-0.15, -0.1) is 0 Å². The van der Waals surface area contributed by atoms with Gasteiger partial charge in [0.05, 0.1) is 5.69 Å².